The van der Waals surface area contributed by atoms with Gasteiger partial charge in [0, 0.05) is 44.0 Å². The van der Waals surface area contributed by atoms with E-state index in [1.807, 2.05) is 6.08 Å². The number of anilines is 1. The topological polar surface area (TPSA) is 37.4 Å². The molecule has 1 aromatic rings. The molecule has 0 N–H and O–H groups in total. The number of carbonyl (C=O) groups excluding carboxylic acids is 2. The number of hydrogen-bond donors (Lipinski definition) is 0. The van der Waals surface area contributed by atoms with Crippen LogP contribution in [0.15, 0.2) is 35.9 Å². The van der Waals surface area contributed by atoms with Crippen molar-refractivity contribution in [2.24, 2.45) is 28.6 Å². The van der Waals surface area contributed by atoms with Gasteiger partial charge in [-0.1, -0.05) is 31.6 Å². The van der Waals surface area contributed by atoms with Gasteiger partial charge in [-0.2, -0.15) is 0 Å². The Morgan fingerprint density at radius 3 is 2.37 bits per heavy atom. The Bertz CT molecular complexity index is 913. The molecule has 3 nitrogen and oxygen atoms in total. The van der Waals surface area contributed by atoms with Gasteiger partial charge in [0.25, 0.3) is 0 Å². The second-order valence-corrected chi connectivity index (χ2v) is 11.0. The zero-order chi connectivity index (χ0) is 21.3. The van der Waals surface area contributed by atoms with Crippen molar-refractivity contribution < 1.29 is 9.59 Å². The van der Waals surface area contributed by atoms with Crippen LogP contribution in [0.2, 0.25) is 0 Å². The van der Waals surface area contributed by atoms with Gasteiger partial charge in [-0.05, 0) is 79.0 Å². The van der Waals surface area contributed by atoms with E-state index in [-0.39, 0.29) is 16.7 Å². The summed E-state index contributed by atoms with van der Waals surface area (Å²) in [7, 11) is 4.13. The molecule has 160 valence electrons. The van der Waals surface area contributed by atoms with Crippen LogP contribution in [0.4, 0.5) is 5.69 Å². The molecule has 0 bridgehead atoms. The number of rotatable bonds is 2. The third-order valence-corrected chi connectivity index (χ3v) is 9.63. The first-order valence-electron chi connectivity index (χ1n) is 11.8. The van der Waals surface area contributed by atoms with Crippen molar-refractivity contribution in [3.05, 3.63) is 41.5 Å². The van der Waals surface area contributed by atoms with Gasteiger partial charge in [-0.3, -0.25) is 9.59 Å². The Hall–Kier alpha value is -1.90. The Labute approximate surface area is 180 Å². The maximum absolute atomic E-state index is 12.7. The van der Waals surface area contributed by atoms with Crippen LogP contribution in [0, 0.1) is 28.6 Å². The van der Waals surface area contributed by atoms with Crippen LogP contribution in [-0.4, -0.2) is 25.7 Å². The van der Waals surface area contributed by atoms with Gasteiger partial charge in [-0.15, -0.1) is 0 Å². The summed E-state index contributed by atoms with van der Waals surface area (Å²) in [5.74, 6) is 2.78. The highest BCUT2D eigenvalue weighted by Gasteiger charge is 2.60. The number of benzene rings is 1. The molecule has 0 heterocycles. The summed E-state index contributed by atoms with van der Waals surface area (Å²) < 4.78 is 0. The van der Waals surface area contributed by atoms with Gasteiger partial charge < -0.3 is 4.90 Å². The lowest BCUT2D eigenvalue weighted by Crippen LogP contribution is -2.52. The second kappa shape index (κ2) is 6.80. The Balaban J connectivity index is 1.55. The van der Waals surface area contributed by atoms with Crippen molar-refractivity contribution in [1.29, 1.82) is 0 Å². The van der Waals surface area contributed by atoms with E-state index in [9.17, 15) is 9.59 Å². The third-order valence-electron chi connectivity index (χ3n) is 9.63. The third kappa shape index (κ3) is 2.70. The van der Waals surface area contributed by atoms with Crippen LogP contribution in [0.1, 0.15) is 70.3 Å². The van der Waals surface area contributed by atoms with Crippen LogP contribution in [0.5, 0.6) is 0 Å². The minimum Gasteiger partial charge on any atom is -0.378 e. The molecular weight excluding hydrogens is 370 g/mol. The summed E-state index contributed by atoms with van der Waals surface area (Å²) in [6, 6.07) is 8.87. The molecule has 1 aromatic carbocycles. The lowest BCUT2D eigenvalue weighted by molar-refractivity contribution is -0.133. The SMILES string of the molecule is CN(C)c1ccc(C2CC(=O)C=C3CCC4C5CCC(=O)C5(C)CCC4C32C)cc1. The molecular formula is C27H35NO2. The Morgan fingerprint density at radius 2 is 1.67 bits per heavy atom. The van der Waals surface area contributed by atoms with Gasteiger partial charge >= 0.3 is 0 Å². The number of allylic oxidation sites excluding steroid dienone is 1. The van der Waals surface area contributed by atoms with E-state index in [1.165, 1.54) is 16.8 Å². The summed E-state index contributed by atoms with van der Waals surface area (Å²) in [5, 5.41) is 0. The number of Topliss-reactive ketones (excluding diaryl/α,β-unsaturated/α-hetero) is 1. The molecule has 3 heteroatoms. The number of ketones is 2. The number of carbonyl (C=O) groups is 2. The summed E-state index contributed by atoms with van der Waals surface area (Å²) >= 11 is 0. The van der Waals surface area contributed by atoms with E-state index in [4.69, 9.17) is 0 Å². The quantitative estimate of drug-likeness (QED) is 0.648. The van der Waals surface area contributed by atoms with Gasteiger partial charge in [0.1, 0.15) is 5.78 Å². The first kappa shape index (κ1) is 20.0. The van der Waals surface area contributed by atoms with E-state index < -0.39 is 0 Å². The molecule has 0 aliphatic heterocycles. The van der Waals surface area contributed by atoms with E-state index in [0.717, 1.165) is 38.5 Å². The largest absolute Gasteiger partial charge is 0.378 e. The first-order valence-corrected chi connectivity index (χ1v) is 11.8. The molecule has 6 unspecified atom stereocenters. The van der Waals surface area contributed by atoms with Crippen molar-refractivity contribution in [3.8, 4) is 0 Å². The summed E-state index contributed by atoms with van der Waals surface area (Å²) in [6.07, 6.45) is 8.79. The highest BCUT2D eigenvalue weighted by Crippen LogP contribution is 2.67. The lowest BCUT2D eigenvalue weighted by atomic mass is 9.44. The van der Waals surface area contributed by atoms with Crippen LogP contribution in [-0.2, 0) is 9.59 Å². The number of hydrogen-bond acceptors (Lipinski definition) is 3. The monoisotopic (exact) mass is 405 g/mol. The van der Waals surface area contributed by atoms with Crippen LogP contribution in [0.3, 0.4) is 0 Å². The van der Waals surface area contributed by atoms with Crippen LogP contribution >= 0.6 is 0 Å². The molecule has 0 radical (unpaired) electrons. The standard InChI is InChI=1S/C27H35NO2/c1-26-14-13-23-21(22(26)11-12-25(26)30)10-7-18-15-20(29)16-24(27(18,23)2)17-5-8-19(9-6-17)28(3)4/h5-6,8-9,15,21-24H,7,10-14,16H2,1-4H3. The number of fused-ring (bicyclic) bond motifs is 5. The summed E-state index contributed by atoms with van der Waals surface area (Å²) in [6.45, 7) is 4.70. The van der Waals surface area contributed by atoms with Crippen molar-refractivity contribution in [3.63, 3.8) is 0 Å². The second-order valence-electron chi connectivity index (χ2n) is 11.0. The molecule has 4 aliphatic rings. The molecule has 3 saturated carbocycles. The predicted molar refractivity (Wildman–Crippen MR) is 121 cm³/mol. The normalized spacial score (nSPS) is 40.3. The molecule has 5 rings (SSSR count). The fourth-order valence-corrected chi connectivity index (χ4v) is 7.88. The highest BCUT2D eigenvalue weighted by molar-refractivity contribution is 5.93. The van der Waals surface area contributed by atoms with Crippen LogP contribution < -0.4 is 4.90 Å². The molecule has 0 spiro atoms. The molecule has 0 aromatic heterocycles. The smallest absolute Gasteiger partial charge is 0.156 e. The first-order chi connectivity index (χ1) is 14.2. The minimum atomic E-state index is -0.0912. The van der Waals surface area contributed by atoms with Gasteiger partial charge in [0.15, 0.2) is 5.78 Å². The zero-order valence-corrected chi connectivity index (χ0v) is 18.9. The average Bonchev–Trinajstić information content (AvgIpc) is 3.03. The Kier molecular flexibility index (Phi) is 4.54. The van der Waals surface area contributed by atoms with Gasteiger partial charge in [-0.25, -0.2) is 0 Å². The fraction of sp³-hybridized carbons (Fsp3) is 0.630. The molecule has 0 saturated heterocycles. The molecule has 6 atom stereocenters. The highest BCUT2D eigenvalue weighted by atomic mass is 16.1. The fourth-order valence-electron chi connectivity index (χ4n) is 7.88. The number of nitrogens with zero attached hydrogens (tertiary/aromatic N) is 1. The maximum Gasteiger partial charge on any atom is 0.156 e. The van der Waals surface area contributed by atoms with E-state index >= 15 is 0 Å². The minimum absolute atomic E-state index is 0.0312. The maximum atomic E-state index is 12.7. The van der Waals surface area contributed by atoms with Gasteiger partial charge in [0.05, 0.1) is 0 Å². The van der Waals surface area contributed by atoms with Crippen LogP contribution in [0.25, 0.3) is 0 Å². The van der Waals surface area contributed by atoms with E-state index in [1.54, 1.807) is 0 Å². The predicted octanol–water partition coefficient (Wildman–Crippen LogP) is 5.55. The van der Waals surface area contributed by atoms with Crippen molar-refractivity contribution in [2.45, 2.75) is 64.7 Å². The van der Waals surface area contributed by atoms with E-state index in [2.05, 4.69) is 57.1 Å². The summed E-state index contributed by atoms with van der Waals surface area (Å²) in [4.78, 5) is 27.6. The lowest BCUT2D eigenvalue weighted by Gasteiger charge is -2.59. The molecule has 3 fully saturated rings. The average molecular weight is 406 g/mol. The van der Waals surface area contributed by atoms with Crippen molar-refractivity contribution >= 4 is 17.3 Å². The zero-order valence-electron chi connectivity index (χ0n) is 18.9. The molecule has 4 aliphatic carbocycles. The van der Waals surface area contributed by atoms with Crippen molar-refractivity contribution in [2.75, 3.05) is 19.0 Å². The van der Waals surface area contributed by atoms with Gasteiger partial charge in [0.2, 0.25) is 0 Å². The Morgan fingerprint density at radius 1 is 0.933 bits per heavy atom. The summed E-state index contributed by atoms with van der Waals surface area (Å²) in [5.41, 5.74) is 3.82. The van der Waals surface area contributed by atoms with E-state index in [0.29, 0.717) is 35.7 Å². The van der Waals surface area contributed by atoms with Crippen molar-refractivity contribution in [1.82, 2.24) is 0 Å². The molecule has 30 heavy (non-hydrogen) atoms. The molecule has 0 amide bonds.